The van der Waals surface area contributed by atoms with Crippen LogP contribution in [0, 0.1) is 0 Å². The number of likely N-dealkylation sites (N-methyl/N-ethyl adjacent to an activating group) is 1. The molecule has 1 N–H and O–H groups in total. The molecular formula is C36H36N4O3. The fourth-order valence-corrected chi connectivity index (χ4v) is 6.22. The van der Waals surface area contributed by atoms with E-state index in [2.05, 4.69) is 17.4 Å². The topological polar surface area (TPSA) is 74.7 Å². The number of para-hydroxylation sites is 1. The van der Waals surface area contributed by atoms with Crippen LogP contribution in [0.15, 0.2) is 103 Å². The Bertz CT molecular complexity index is 1790. The number of hydrogen-bond acceptors (Lipinski definition) is 3. The van der Waals surface area contributed by atoms with Crippen molar-refractivity contribution in [3.8, 4) is 0 Å². The number of fused-ring (bicyclic) bond motifs is 2. The van der Waals surface area contributed by atoms with Gasteiger partial charge in [-0.05, 0) is 40.8 Å². The Labute approximate surface area is 251 Å². The molecule has 1 unspecified atom stereocenters. The van der Waals surface area contributed by atoms with Gasteiger partial charge in [0, 0.05) is 50.7 Å². The predicted octanol–water partition coefficient (Wildman–Crippen LogP) is 5.32. The van der Waals surface area contributed by atoms with Crippen molar-refractivity contribution >= 4 is 39.4 Å². The number of aromatic nitrogens is 1. The fourth-order valence-electron chi connectivity index (χ4n) is 6.22. The number of rotatable bonds is 8. The molecule has 1 fully saturated rings. The Kier molecular flexibility index (Phi) is 7.97. The minimum absolute atomic E-state index is 0.159. The van der Waals surface area contributed by atoms with E-state index < -0.39 is 12.1 Å². The third-order valence-electron chi connectivity index (χ3n) is 8.45. The molecule has 2 atom stereocenters. The SMILES string of the molecule is CN(Cc1ccccc1)C(=O)[C@H](Cc1ccc2ccccc2c1)NC(=O)C1CCCN1C(=O)c1cn(C)c2ccccc12. The second-order valence-electron chi connectivity index (χ2n) is 11.5. The summed E-state index contributed by atoms with van der Waals surface area (Å²) in [6.45, 7) is 0.927. The number of aryl methyl sites for hydroxylation is 1. The molecule has 0 spiro atoms. The Morgan fingerprint density at radius 3 is 2.42 bits per heavy atom. The van der Waals surface area contributed by atoms with Crippen molar-refractivity contribution in [2.45, 2.75) is 37.9 Å². The van der Waals surface area contributed by atoms with Gasteiger partial charge in [-0.3, -0.25) is 14.4 Å². The number of carbonyl (C=O) groups excluding carboxylic acids is 3. The highest BCUT2D eigenvalue weighted by Gasteiger charge is 2.37. The number of benzene rings is 4. The number of nitrogens with zero attached hydrogens (tertiary/aromatic N) is 3. The van der Waals surface area contributed by atoms with E-state index in [4.69, 9.17) is 0 Å². The number of likely N-dealkylation sites (tertiary alicyclic amines) is 1. The Morgan fingerprint density at radius 1 is 0.884 bits per heavy atom. The molecule has 3 amide bonds. The minimum atomic E-state index is -0.780. The molecule has 0 bridgehead atoms. The lowest BCUT2D eigenvalue weighted by Gasteiger charge is -2.28. The van der Waals surface area contributed by atoms with Crippen molar-refractivity contribution in [3.05, 3.63) is 120 Å². The van der Waals surface area contributed by atoms with Gasteiger partial charge in [-0.2, -0.15) is 0 Å². The van der Waals surface area contributed by atoms with Gasteiger partial charge in [0.05, 0.1) is 5.56 Å². The minimum Gasteiger partial charge on any atom is -0.350 e. The van der Waals surface area contributed by atoms with Crippen LogP contribution in [0.1, 0.15) is 34.3 Å². The highest BCUT2D eigenvalue weighted by Crippen LogP contribution is 2.26. The molecule has 0 aliphatic carbocycles. The van der Waals surface area contributed by atoms with Gasteiger partial charge in [0.15, 0.2) is 0 Å². The van der Waals surface area contributed by atoms with E-state index in [0.29, 0.717) is 31.5 Å². The van der Waals surface area contributed by atoms with Crippen LogP contribution >= 0.6 is 0 Å². The molecule has 1 aromatic heterocycles. The van der Waals surface area contributed by atoms with E-state index >= 15 is 0 Å². The summed E-state index contributed by atoms with van der Waals surface area (Å²) >= 11 is 0. The molecule has 7 nitrogen and oxygen atoms in total. The highest BCUT2D eigenvalue weighted by atomic mass is 16.2. The van der Waals surface area contributed by atoms with Gasteiger partial charge in [0.2, 0.25) is 11.8 Å². The second-order valence-corrected chi connectivity index (χ2v) is 11.5. The first kappa shape index (κ1) is 28.2. The van der Waals surface area contributed by atoms with E-state index in [1.54, 1.807) is 16.8 Å². The molecular weight excluding hydrogens is 536 g/mol. The molecule has 1 aliphatic rings. The van der Waals surface area contributed by atoms with Gasteiger partial charge in [0.1, 0.15) is 12.1 Å². The van der Waals surface area contributed by atoms with Crippen LogP contribution in [0.3, 0.4) is 0 Å². The lowest BCUT2D eigenvalue weighted by molar-refractivity contribution is -0.136. The van der Waals surface area contributed by atoms with Gasteiger partial charge in [-0.15, -0.1) is 0 Å². The summed E-state index contributed by atoms with van der Waals surface area (Å²) < 4.78 is 1.94. The average molecular weight is 573 g/mol. The average Bonchev–Trinajstić information content (AvgIpc) is 3.66. The first-order valence-electron chi connectivity index (χ1n) is 14.8. The molecule has 5 aromatic rings. The number of nitrogens with one attached hydrogen (secondary N) is 1. The summed E-state index contributed by atoms with van der Waals surface area (Å²) in [6.07, 6.45) is 3.47. The van der Waals surface area contributed by atoms with Crippen molar-refractivity contribution in [1.82, 2.24) is 19.7 Å². The maximum absolute atomic E-state index is 13.9. The normalized spacial score (nSPS) is 15.5. The molecule has 7 heteroatoms. The molecule has 1 aliphatic heterocycles. The maximum atomic E-state index is 13.9. The van der Waals surface area contributed by atoms with Crippen molar-refractivity contribution in [1.29, 1.82) is 0 Å². The largest absolute Gasteiger partial charge is 0.350 e. The van der Waals surface area contributed by atoms with Gasteiger partial charge >= 0.3 is 0 Å². The zero-order chi connectivity index (χ0) is 29.9. The van der Waals surface area contributed by atoms with Gasteiger partial charge < -0.3 is 19.7 Å². The van der Waals surface area contributed by atoms with E-state index in [1.165, 1.54) is 0 Å². The lowest BCUT2D eigenvalue weighted by atomic mass is 10.00. The number of hydrogen-bond donors (Lipinski definition) is 1. The summed E-state index contributed by atoms with van der Waals surface area (Å²) in [5, 5.41) is 6.14. The standard InChI is InChI=1S/C36H36N4O3/c1-38-24-30(29-15-8-9-16-32(29)38)35(42)40-20-10-17-33(40)34(41)37-31(36(43)39(2)23-25-11-4-3-5-12-25)22-26-18-19-27-13-6-7-14-28(27)21-26/h3-9,11-16,18-19,21,24,31,33H,10,17,20,22-23H2,1-2H3,(H,37,41)/t31-,33?/m0/s1. The van der Waals surface area contributed by atoms with Gasteiger partial charge in [-0.1, -0.05) is 91.0 Å². The monoisotopic (exact) mass is 572 g/mol. The second kappa shape index (κ2) is 12.1. The molecule has 218 valence electrons. The van der Waals surface area contributed by atoms with E-state index in [-0.39, 0.29) is 17.7 Å². The Hall–Kier alpha value is -4.91. The number of carbonyl (C=O) groups is 3. The summed E-state index contributed by atoms with van der Waals surface area (Å²) in [6, 6.07) is 30.4. The van der Waals surface area contributed by atoms with Crippen LogP contribution in [0.25, 0.3) is 21.7 Å². The summed E-state index contributed by atoms with van der Waals surface area (Å²) in [7, 11) is 3.68. The predicted molar refractivity (Wildman–Crippen MR) is 169 cm³/mol. The van der Waals surface area contributed by atoms with E-state index in [9.17, 15) is 14.4 Å². The van der Waals surface area contributed by atoms with Crippen LogP contribution < -0.4 is 5.32 Å². The Morgan fingerprint density at radius 2 is 1.60 bits per heavy atom. The van der Waals surface area contributed by atoms with Crippen LogP contribution in [-0.4, -0.2) is 57.8 Å². The van der Waals surface area contributed by atoms with Crippen molar-refractivity contribution in [2.24, 2.45) is 7.05 Å². The van der Waals surface area contributed by atoms with Crippen LogP contribution in [0.2, 0.25) is 0 Å². The fraction of sp³-hybridized carbons (Fsp3) is 0.250. The van der Waals surface area contributed by atoms with Crippen molar-refractivity contribution in [3.63, 3.8) is 0 Å². The van der Waals surface area contributed by atoms with Crippen molar-refractivity contribution in [2.75, 3.05) is 13.6 Å². The molecule has 0 saturated carbocycles. The maximum Gasteiger partial charge on any atom is 0.256 e. The van der Waals surface area contributed by atoms with Gasteiger partial charge in [0.25, 0.3) is 5.91 Å². The molecule has 2 heterocycles. The van der Waals surface area contributed by atoms with Crippen LogP contribution in [0.4, 0.5) is 0 Å². The number of amides is 3. The van der Waals surface area contributed by atoms with Crippen LogP contribution in [-0.2, 0) is 29.6 Å². The lowest BCUT2D eigenvalue weighted by Crippen LogP contribution is -2.54. The molecule has 43 heavy (non-hydrogen) atoms. The molecule has 0 radical (unpaired) electrons. The zero-order valence-electron chi connectivity index (χ0n) is 24.6. The zero-order valence-corrected chi connectivity index (χ0v) is 24.6. The Balaban J connectivity index is 1.25. The third-order valence-corrected chi connectivity index (χ3v) is 8.45. The molecule has 4 aromatic carbocycles. The van der Waals surface area contributed by atoms with E-state index in [1.807, 2.05) is 103 Å². The third kappa shape index (κ3) is 5.89. The smallest absolute Gasteiger partial charge is 0.256 e. The molecule has 1 saturated heterocycles. The quantitative estimate of drug-likeness (QED) is 0.274. The first-order valence-corrected chi connectivity index (χ1v) is 14.8. The summed E-state index contributed by atoms with van der Waals surface area (Å²) in [5.41, 5.74) is 3.52. The van der Waals surface area contributed by atoms with Gasteiger partial charge in [-0.25, -0.2) is 0 Å². The van der Waals surface area contributed by atoms with Crippen LogP contribution in [0.5, 0.6) is 0 Å². The molecule has 6 rings (SSSR count). The summed E-state index contributed by atoms with van der Waals surface area (Å²) in [5.74, 6) is -0.623. The van der Waals surface area contributed by atoms with E-state index in [0.717, 1.165) is 39.2 Å². The summed E-state index contributed by atoms with van der Waals surface area (Å²) in [4.78, 5) is 44.9. The van der Waals surface area contributed by atoms with Crippen molar-refractivity contribution < 1.29 is 14.4 Å². The highest BCUT2D eigenvalue weighted by molar-refractivity contribution is 6.08. The first-order chi connectivity index (χ1) is 20.9.